The third-order valence-electron chi connectivity index (χ3n) is 3.37. The number of carboxylic acid groups (broad SMARTS) is 1. The lowest BCUT2D eigenvalue weighted by atomic mass is 9.86. The van der Waals surface area contributed by atoms with E-state index in [1.54, 1.807) is 13.0 Å². The van der Waals surface area contributed by atoms with Crippen molar-refractivity contribution in [1.29, 1.82) is 0 Å². The van der Waals surface area contributed by atoms with Gasteiger partial charge in [0.15, 0.2) is 6.04 Å². The summed E-state index contributed by atoms with van der Waals surface area (Å²) in [4.78, 5) is 35.7. The van der Waals surface area contributed by atoms with E-state index in [9.17, 15) is 14.4 Å². The van der Waals surface area contributed by atoms with E-state index in [0.717, 1.165) is 5.01 Å². The van der Waals surface area contributed by atoms with Crippen LogP contribution in [0.2, 0.25) is 0 Å². The largest absolute Gasteiger partial charge is 0.479 e. The Morgan fingerprint density at radius 3 is 2.78 bits per heavy atom. The number of fused-ring (bicyclic) bond motifs is 1. The molecule has 1 saturated heterocycles. The molecular weight excluding hydrogens is 256 g/mol. The van der Waals surface area contributed by atoms with Gasteiger partial charge in [-0.15, -0.1) is 0 Å². The van der Waals surface area contributed by atoms with Crippen LogP contribution in [0.25, 0.3) is 0 Å². The van der Waals surface area contributed by atoms with E-state index in [1.165, 1.54) is 11.1 Å². The van der Waals surface area contributed by atoms with Crippen molar-refractivity contribution in [3.8, 4) is 0 Å². The first-order valence-electron chi connectivity index (χ1n) is 5.59. The summed E-state index contributed by atoms with van der Waals surface area (Å²) in [6, 6.07) is -1.10. The molecule has 18 heavy (non-hydrogen) atoms. The highest BCUT2D eigenvalue weighted by Gasteiger charge is 2.57. The summed E-state index contributed by atoms with van der Waals surface area (Å²) in [5, 5.41) is 11.4. The number of carbonyl (C=O) groups excluding carboxylic acids is 2. The van der Waals surface area contributed by atoms with Crippen LogP contribution < -0.4 is 0 Å². The average molecular weight is 270 g/mol. The summed E-state index contributed by atoms with van der Waals surface area (Å²) < 4.78 is 0. The third kappa shape index (κ3) is 1.61. The molecule has 2 atom stereocenters. The summed E-state index contributed by atoms with van der Waals surface area (Å²) in [6.45, 7) is 1.78. The molecule has 1 fully saturated rings. The molecule has 2 aliphatic heterocycles. The van der Waals surface area contributed by atoms with E-state index < -0.39 is 23.3 Å². The van der Waals surface area contributed by atoms with Gasteiger partial charge < -0.3 is 5.11 Å². The first-order chi connectivity index (χ1) is 8.43. The highest BCUT2D eigenvalue weighted by atomic mass is 32.1. The maximum Gasteiger partial charge on any atom is 0.332 e. The van der Waals surface area contributed by atoms with Crippen LogP contribution in [-0.2, 0) is 14.4 Å². The zero-order valence-corrected chi connectivity index (χ0v) is 10.8. The number of rotatable bonds is 3. The van der Waals surface area contributed by atoms with Crippen molar-refractivity contribution in [3.63, 3.8) is 0 Å². The van der Waals surface area contributed by atoms with Crippen LogP contribution in [-0.4, -0.2) is 51.2 Å². The molecule has 6 nitrogen and oxygen atoms in total. The number of carbonyl (C=O) groups is 3. The molecular formula is C11H14N2O4S. The van der Waals surface area contributed by atoms with E-state index in [2.05, 4.69) is 12.6 Å². The second-order valence-electron chi connectivity index (χ2n) is 4.55. The van der Waals surface area contributed by atoms with Crippen molar-refractivity contribution in [2.24, 2.45) is 5.41 Å². The van der Waals surface area contributed by atoms with E-state index in [-0.39, 0.29) is 12.5 Å². The van der Waals surface area contributed by atoms with Gasteiger partial charge in [-0.25, -0.2) is 14.8 Å². The molecule has 0 aromatic heterocycles. The quantitative estimate of drug-likeness (QED) is 0.427. The van der Waals surface area contributed by atoms with Crippen LogP contribution >= 0.6 is 12.6 Å². The van der Waals surface area contributed by atoms with Crippen molar-refractivity contribution in [1.82, 2.24) is 10.0 Å². The molecule has 0 unspecified atom stereocenters. The van der Waals surface area contributed by atoms with Gasteiger partial charge in [0.1, 0.15) is 5.41 Å². The summed E-state index contributed by atoms with van der Waals surface area (Å²) in [5.41, 5.74) is -1.19. The maximum atomic E-state index is 12.3. The van der Waals surface area contributed by atoms with Crippen molar-refractivity contribution in [3.05, 3.63) is 12.2 Å². The molecule has 2 rings (SSSR count). The lowest BCUT2D eigenvalue weighted by molar-refractivity contribution is -0.161. The Balaban J connectivity index is 2.41. The molecule has 0 saturated carbocycles. The van der Waals surface area contributed by atoms with Crippen molar-refractivity contribution >= 4 is 30.4 Å². The number of hydrazine groups is 1. The number of aliphatic carboxylic acids is 1. The zero-order chi connectivity index (χ0) is 13.5. The van der Waals surface area contributed by atoms with Gasteiger partial charge in [0, 0.05) is 0 Å². The molecule has 0 aliphatic carbocycles. The fraction of sp³-hybridized carbons (Fsp3) is 0.545. The van der Waals surface area contributed by atoms with Gasteiger partial charge in [-0.1, -0.05) is 12.2 Å². The number of carboxylic acids is 1. The zero-order valence-electron chi connectivity index (χ0n) is 9.87. The number of thiol groups is 1. The topological polar surface area (TPSA) is 77.9 Å². The monoisotopic (exact) mass is 270 g/mol. The van der Waals surface area contributed by atoms with Crippen LogP contribution in [0.15, 0.2) is 12.2 Å². The van der Waals surface area contributed by atoms with Crippen LogP contribution in [0.1, 0.15) is 13.3 Å². The van der Waals surface area contributed by atoms with Gasteiger partial charge in [-0.2, -0.15) is 12.6 Å². The molecule has 0 radical (unpaired) electrons. The highest BCUT2D eigenvalue weighted by molar-refractivity contribution is 7.80. The molecule has 0 bridgehead atoms. The Kier molecular flexibility index (Phi) is 3.10. The van der Waals surface area contributed by atoms with Gasteiger partial charge >= 0.3 is 5.97 Å². The lowest BCUT2D eigenvalue weighted by Crippen LogP contribution is -2.52. The summed E-state index contributed by atoms with van der Waals surface area (Å²) in [5.74, 6) is -1.57. The van der Waals surface area contributed by atoms with E-state index in [1.807, 2.05) is 0 Å². The minimum atomic E-state index is -1.19. The maximum absolute atomic E-state index is 12.3. The van der Waals surface area contributed by atoms with Crippen LogP contribution in [0.4, 0.5) is 0 Å². The first-order valence-corrected chi connectivity index (χ1v) is 6.22. The third-order valence-corrected chi connectivity index (χ3v) is 3.60. The Labute approximate surface area is 110 Å². The number of hydrogen-bond donors (Lipinski definition) is 2. The van der Waals surface area contributed by atoms with Crippen molar-refractivity contribution < 1.29 is 19.5 Å². The smallest absolute Gasteiger partial charge is 0.332 e. The second-order valence-corrected chi connectivity index (χ2v) is 5.00. The Morgan fingerprint density at radius 2 is 2.22 bits per heavy atom. The Bertz CT molecular complexity index is 450. The van der Waals surface area contributed by atoms with E-state index >= 15 is 0 Å². The molecule has 0 aromatic carbocycles. The highest BCUT2D eigenvalue weighted by Crippen LogP contribution is 2.37. The minimum absolute atomic E-state index is 0.233. The minimum Gasteiger partial charge on any atom is -0.479 e. The van der Waals surface area contributed by atoms with Gasteiger partial charge in [0.25, 0.3) is 11.8 Å². The molecule has 0 aromatic rings. The average Bonchev–Trinajstić information content (AvgIpc) is 2.52. The molecule has 1 N–H and O–H groups in total. The predicted octanol–water partition coefficient (Wildman–Crippen LogP) is -0.0786. The fourth-order valence-electron chi connectivity index (χ4n) is 2.28. The molecule has 2 heterocycles. The van der Waals surface area contributed by atoms with Crippen molar-refractivity contribution in [2.45, 2.75) is 19.4 Å². The summed E-state index contributed by atoms with van der Waals surface area (Å²) in [7, 11) is 0. The molecule has 2 aliphatic rings. The summed E-state index contributed by atoms with van der Waals surface area (Å²) in [6.07, 6.45) is 3.32. The SMILES string of the molecule is C[C@@]1(CCS)C(=O)N2CC=C[C@@H](C(=O)O)N2C1=O. The van der Waals surface area contributed by atoms with Gasteiger partial charge in [-0.3, -0.25) is 9.59 Å². The first kappa shape index (κ1) is 12.9. The Morgan fingerprint density at radius 1 is 1.56 bits per heavy atom. The Hall–Kier alpha value is -1.50. The second kappa shape index (κ2) is 4.31. The van der Waals surface area contributed by atoms with Crippen LogP contribution in [0.5, 0.6) is 0 Å². The number of nitrogens with zero attached hydrogens (tertiary/aromatic N) is 2. The number of hydrogen-bond acceptors (Lipinski definition) is 4. The van der Waals surface area contributed by atoms with Gasteiger partial charge in [0.2, 0.25) is 0 Å². The summed E-state index contributed by atoms with van der Waals surface area (Å²) >= 11 is 4.05. The van der Waals surface area contributed by atoms with Gasteiger partial charge in [0.05, 0.1) is 6.54 Å². The predicted molar refractivity (Wildman–Crippen MR) is 65.7 cm³/mol. The standard InChI is InChI=1S/C11H14N2O4S/c1-11(4-6-18)9(16)12-5-2-3-7(8(14)15)13(12)10(11)17/h2-3,7,18H,4-6H2,1H3,(H,14,15)/t7-,11+/m0/s1. The molecule has 0 spiro atoms. The molecule has 7 heteroatoms. The fourth-order valence-corrected chi connectivity index (χ4v) is 2.73. The van der Waals surface area contributed by atoms with E-state index in [0.29, 0.717) is 12.2 Å². The van der Waals surface area contributed by atoms with Crippen LogP contribution in [0.3, 0.4) is 0 Å². The van der Waals surface area contributed by atoms with Crippen LogP contribution in [0, 0.1) is 5.41 Å². The molecule has 98 valence electrons. The van der Waals surface area contributed by atoms with Gasteiger partial charge in [-0.05, 0) is 19.1 Å². The van der Waals surface area contributed by atoms with Crippen molar-refractivity contribution in [2.75, 3.05) is 12.3 Å². The number of amides is 2. The lowest BCUT2D eigenvalue weighted by Gasteiger charge is -2.33. The normalized spacial score (nSPS) is 30.9. The molecule has 2 amide bonds. The van der Waals surface area contributed by atoms with E-state index in [4.69, 9.17) is 5.11 Å².